The van der Waals surface area contributed by atoms with Crippen LogP contribution in [0.3, 0.4) is 0 Å². The van der Waals surface area contributed by atoms with Crippen molar-refractivity contribution < 1.29 is 5.11 Å². The van der Waals surface area contributed by atoms with Gasteiger partial charge in [-0.25, -0.2) is 0 Å². The van der Waals surface area contributed by atoms with Gasteiger partial charge in [-0.1, -0.05) is 44.5 Å². The highest BCUT2D eigenvalue weighted by molar-refractivity contribution is 6.76. The lowest BCUT2D eigenvalue weighted by atomic mass is 9.83. The van der Waals surface area contributed by atoms with E-state index in [1.54, 1.807) is 0 Å². The van der Waals surface area contributed by atoms with Gasteiger partial charge >= 0.3 is 0 Å². The van der Waals surface area contributed by atoms with Crippen LogP contribution < -0.4 is 0 Å². The summed E-state index contributed by atoms with van der Waals surface area (Å²) in [7, 11) is -1.05. The Balaban J connectivity index is 2.32. The van der Waals surface area contributed by atoms with Gasteiger partial charge < -0.3 is 5.11 Å². The summed E-state index contributed by atoms with van der Waals surface area (Å²) < 4.78 is 0. The monoisotopic (exact) mass is 240 g/mol. The molecule has 16 heavy (non-hydrogen) atoms. The predicted octanol–water partition coefficient (Wildman–Crippen LogP) is 4.21. The average molecular weight is 240 g/mol. The lowest BCUT2D eigenvalue weighted by molar-refractivity contribution is 0.0852. The SMILES string of the molecule is C=C(C[C@H](O)C1CCCCC1)C[Si](C)(C)C. The van der Waals surface area contributed by atoms with Gasteiger partial charge in [-0.2, -0.15) is 0 Å². The molecule has 0 amide bonds. The summed E-state index contributed by atoms with van der Waals surface area (Å²) in [4.78, 5) is 0. The molecule has 0 heterocycles. The van der Waals surface area contributed by atoms with Gasteiger partial charge in [0.1, 0.15) is 0 Å². The third-order valence-electron chi connectivity index (χ3n) is 3.47. The molecule has 0 aliphatic heterocycles. The Kier molecular flexibility index (Phi) is 5.26. The number of hydrogen-bond donors (Lipinski definition) is 1. The van der Waals surface area contributed by atoms with E-state index < -0.39 is 8.07 Å². The summed E-state index contributed by atoms with van der Waals surface area (Å²) in [6.45, 7) is 11.2. The number of hydrogen-bond acceptors (Lipinski definition) is 1. The first kappa shape index (κ1) is 14.0. The van der Waals surface area contributed by atoms with Gasteiger partial charge in [-0.15, -0.1) is 6.58 Å². The van der Waals surface area contributed by atoms with Gasteiger partial charge in [0.2, 0.25) is 0 Å². The molecule has 1 aliphatic rings. The zero-order valence-corrected chi connectivity index (χ0v) is 12.3. The quantitative estimate of drug-likeness (QED) is 0.564. The van der Waals surface area contributed by atoms with Crippen LogP contribution in [-0.2, 0) is 0 Å². The van der Waals surface area contributed by atoms with Gasteiger partial charge in [-0.05, 0) is 31.2 Å². The average Bonchev–Trinajstić information content (AvgIpc) is 2.16. The van der Waals surface area contributed by atoms with Gasteiger partial charge in [-0.3, -0.25) is 0 Å². The smallest absolute Gasteiger partial charge is 0.0605 e. The normalized spacial score (nSPS) is 20.8. The zero-order chi connectivity index (χ0) is 12.2. The molecule has 1 rings (SSSR count). The third kappa shape index (κ3) is 5.31. The molecule has 1 atom stereocenters. The van der Waals surface area contributed by atoms with E-state index in [1.807, 2.05) is 0 Å². The zero-order valence-electron chi connectivity index (χ0n) is 11.3. The summed E-state index contributed by atoms with van der Waals surface area (Å²) >= 11 is 0. The van der Waals surface area contributed by atoms with E-state index in [0.717, 1.165) is 12.5 Å². The van der Waals surface area contributed by atoms with E-state index >= 15 is 0 Å². The van der Waals surface area contributed by atoms with Crippen LogP contribution in [-0.4, -0.2) is 19.3 Å². The highest BCUT2D eigenvalue weighted by Crippen LogP contribution is 2.30. The molecule has 0 aromatic carbocycles. The van der Waals surface area contributed by atoms with Gasteiger partial charge in [0.15, 0.2) is 0 Å². The van der Waals surface area contributed by atoms with Crippen LogP contribution in [0.4, 0.5) is 0 Å². The van der Waals surface area contributed by atoms with Crippen molar-refractivity contribution in [2.75, 3.05) is 0 Å². The lowest BCUT2D eigenvalue weighted by Gasteiger charge is -2.28. The molecule has 0 aromatic heterocycles. The molecular weight excluding hydrogens is 212 g/mol. The highest BCUT2D eigenvalue weighted by atomic mass is 28.3. The second-order valence-electron chi connectivity index (χ2n) is 6.66. The molecule has 1 fully saturated rings. The molecule has 0 aromatic rings. The van der Waals surface area contributed by atoms with Crippen LogP contribution in [0.2, 0.25) is 25.7 Å². The Hall–Kier alpha value is -0.0831. The molecular formula is C14H28OSi. The number of aliphatic hydroxyl groups is 1. The van der Waals surface area contributed by atoms with E-state index in [2.05, 4.69) is 26.2 Å². The molecule has 0 unspecified atom stereocenters. The van der Waals surface area contributed by atoms with Crippen molar-refractivity contribution in [3.8, 4) is 0 Å². The topological polar surface area (TPSA) is 20.2 Å². The molecule has 1 saturated carbocycles. The van der Waals surface area contributed by atoms with E-state index in [1.165, 1.54) is 37.7 Å². The molecule has 94 valence electrons. The first-order valence-corrected chi connectivity index (χ1v) is 10.4. The van der Waals surface area contributed by atoms with Gasteiger partial charge in [0.25, 0.3) is 0 Å². The Morgan fingerprint density at radius 2 is 1.81 bits per heavy atom. The minimum atomic E-state index is -1.05. The van der Waals surface area contributed by atoms with Gasteiger partial charge in [0.05, 0.1) is 6.10 Å². The van der Waals surface area contributed by atoms with E-state index in [0.29, 0.717) is 5.92 Å². The van der Waals surface area contributed by atoms with E-state index in [4.69, 9.17) is 0 Å². The first-order valence-electron chi connectivity index (χ1n) is 6.73. The van der Waals surface area contributed by atoms with Gasteiger partial charge in [0, 0.05) is 8.07 Å². The molecule has 1 nitrogen and oxygen atoms in total. The van der Waals surface area contributed by atoms with Crippen molar-refractivity contribution in [2.24, 2.45) is 5.92 Å². The van der Waals surface area contributed by atoms with Crippen molar-refractivity contribution in [1.82, 2.24) is 0 Å². The van der Waals surface area contributed by atoms with Crippen LogP contribution in [0.25, 0.3) is 0 Å². The summed E-state index contributed by atoms with van der Waals surface area (Å²) in [5, 5.41) is 10.2. The highest BCUT2D eigenvalue weighted by Gasteiger charge is 2.23. The molecule has 0 saturated heterocycles. The van der Waals surface area contributed by atoms with Crippen molar-refractivity contribution in [3.05, 3.63) is 12.2 Å². The van der Waals surface area contributed by atoms with Crippen molar-refractivity contribution >= 4 is 8.07 Å². The fraction of sp³-hybridized carbons (Fsp3) is 0.857. The Bertz CT molecular complexity index is 223. The maximum atomic E-state index is 10.2. The van der Waals surface area contributed by atoms with Crippen LogP contribution in [0, 0.1) is 5.92 Å². The third-order valence-corrected chi connectivity index (χ3v) is 5.03. The maximum absolute atomic E-state index is 10.2. The maximum Gasteiger partial charge on any atom is 0.0605 e. The van der Waals surface area contributed by atoms with E-state index in [-0.39, 0.29) is 6.10 Å². The largest absolute Gasteiger partial charge is 0.393 e. The summed E-state index contributed by atoms with van der Waals surface area (Å²) in [5.74, 6) is 0.548. The number of aliphatic hydroxyl groups excluding tert-OH is 1. The minimum absolute atomic E-state index is 0.121. The fourth-order valence-corrected chi connectivity index (χ4v) is 4.45. The number of rotatable bonds is 5. The minimum Gasteiger partial charge on any atom is -0.393 e. The van der Waals surface area contributed by atoms with E-state index in [9.17, 15) is 5.11 Å². The summed E-state index contributed by atoms with van der Waals surface area (Å²) in [6, 6.07) is 1.16. The Labute approximate surface area is 102 Å². The van der Waals surface area contributed by atoms with Crippen LogP contribution in [0.15, 0.2) is 12.2 Å². The fourth-order valence-electron chi connectivity index (χ4n) is 2.80. The van der Waals surface area contributed by atoms with Crippen LogP contribution >= 0.6 is 0 Å². The first-order chi connectivity index (χ1) is 7.38. The summed E-state index contributed by atoms with van der Waals surface area (Å²) in [5.41, 5.74) is 1.28. The van der Waals surface area contributed by atoms with Crippen molar-refractivity contribution in [2.45, 2.75) is 70.3 Å². The van der Waals surface area contributed by atoms with Crippen molar-refractivity contribution in [1.29, 1.82) is 0 Å². The van der Waals surface area contributed by atoms with Crippen LogP contribution in [0.1, 0.15) is 38.5 Å². The molecule has 0 bridgehead atoms. The van der Waals surface area contributed by atoms with Crippen molar-refractivity contribution in [3.63, 3.8) is 0 Å². The molecule has 0 spiro atoms. The Morgan fingerprint density at radius 1 is 1.25 bits per heavy atom. The molecule has 2 heteroatoms. The summed E-state index contributed by atoms with van der Waals surface area (Å²) in [6.07, 6.45) is 7.14. The Morgan fingerprint density at radius 3 is 2.31 bits per heavy atom. The second kappa shape index (κ2) is 6.01. The standard InChI is InChI=1S/C14H28OSi/c1-12(11-16(2,3)4)10-14(15)13-8-6-5-7-9-13/h13-15H,1,5-11H2,2-4H3/t14-/m0/s1. The lowest BCUT2D eigenvalue weighted by Crippen LogP contribution is -2.25. The molecule has 0 radical (unpaired) electrons. The molecule has 1 N–H and O–H groups in total. The van der Waals surface area contributed by atoms with Crippen LogP contribution in [0.5, 0.6) is 0 Å². The molecule has 1 aliphatic carbocycles. The second-order valence-corrected chi connectivity index (χ2v) is 12.1. The predicted molar refractivity (Wildman–Crippen MR) is 74.5 cm³/mol.